The summed E-state index contributed by atoms with van der Waals surface area (Å²) in [6.45, 7) is 7.71. The van der Waals surface area contributed by atoms with Crippen LogP contribution in [0.3, 0.4) is 0 Å². The van der Waals surface area contributed by atoms with Crippen molar-refractivity contribution in [2.75, 3.05) is 0 Å². The average molecular weight is 279 g/mol. The van der Waals surface area contributed by atoms with Gasteiger partial charge in [0.2, 0.25) is 0 Å². The second-order valence-electron chi connectivity index (χ2n) is 7.29. The maximum atomic E-state index is 3.86. The second-order valence-corrected chi connectivity index (χ2v) is 7.29. The largest absolute Gasteiger partial charge is 0.103 e. The lowest BCUT2D eigenvalue weighted by Gasteiger charge is -2.38. The number of hydrogen-bond donors (Lipinski definition) is 0. The van der Waals surface area contributed by atoms with E-state index in [1.54, 1.807) is 0 Å². The van der Waals surface area contributed by atoms with Crippen molar-refractivity contribution in [3.63, 3.8) is 0 Å². The first-order valence-electron chi connectivity index (χ1n) is 9.05. The van der Waals surface area contributed by atoms with Crippen LogP contribution in [-0.2, 0) is 0 Å². The first-order valence-corrected chi connectivity index (χ1v) is 9.05. The van der Waals surface area contributed by atoms with Crippen molar-refractivity contribution in [2.24, 2.45) is 23.7 Å². The predicted molar refractivity (Wildman–Crippen MR) is 94.0 cm³/mol. The van der Waals surface area contributed by atoms with Crippen LogP contribution in [0.5, 0.6) is 0 Å². The van der Waals surface area contributed by atoms with Gasteiger partial charge in [-0.3, -0.25) is 0 Å². The van der Waals surface area contributed by atoms with Gasteiger partial charge >= 0.3 is 0 Å². The molecule has 0 aliphatic heterocycles. The minimum Gasteiger partial charge on any atom is -0.103 e. The minimum atomic E-state index is 0. The molecule has 0 aromatic carbocycles. The molecule has 0 heterocycles. The highest BCUT2D eigenvalue weighted by molar-refractivity contribution is 4.83. The van der Waals surface area contributed by atoms with Gasteiger partial charge in [-0.2, -0.15) is 0 Å². The highest BCUT2D eigenvalue weighted by Gasteiger charge is 2.30. The summed E-state index contributed by atoms with van der Waals surface area (Å²) in [7, 11) is 0. The van der Waals surface area contributed by atoms with Crippen molar-refractivity contribution in [2.45, 2.75) is 77.0 Å². The summed E-state index contributed by atoms with van der Waals surface area (Å²) in [5.74, 6) is 4.15. The Bertz CT molecular complexity index is 254. The van der Waals surface area contributed by atoms with Crippen molar-refractivity contribution < 1.29 is 2.85 Å². The van der Waals surface area contributed by atoms with Crippen LogP contribution in [0.2, 0.25) is 0 Å². The van der Waals surface area contributed by atoms with Crippen molar-refractivity contribution in [1.82, 2.24) is 0 Å². The summed E-state index contributed by atoms with van der Waals surface area (Å²) in [6.07, 6.45) is 21.5. The van der Waals surface area contributed by atoms with E-state index in [1.165, 1.54) is 77.0 Å². The maximum absolute atomic E-state index is 3.86. The standard InChI is InChI=1S/C20H34.2H2/c1-3-5-7-17-9-13-19(14-10-17)20-15-11-18(12-16-20)8-6-4-2;;/h3-4,17-20H,1-2,5-16H2;2*1H. The molecule has 0 aromatic heterocycles. The molecule has 0 amide bonds. The highest BCUT2D eigenvalue weighted by Crippen LogP contribution is 2.42. The summed E-state index contributed by atoms with van der Waals surface area (Å²) in [5, 5.41) is 0. The second kappa shape index (κ2) is 8.70. The molecule has 2 aliphatic rings. The molecule has 0 saturated heterocycles. The zero-order valence-corrected chi connectivity index (χ0v) is 13.4. The zero-order chi connectivity index (χ0) is 14.2. The quantitative estimate of drug-likeness (QED) is 0.439. The summed E-state index contributed by atoms with van der Waals surface area (Å²) >= 11 is 0. The van der Waals surface area contributed by atoms with Crippen LogP contribution in [0.1, 0.15) is 79.9 Å². The van der Waals surface area contributed by atoms with Gasteiger partial charge in [0.05, 0.1) is 0 Å². The van der Waals surface area contributed by atoms with E-state index in [4.69, 9.17) is 0 Å². The van der Waals surface area contributed by atoms with E-state index in [0.29, 0.717) is 0 Å². The highest BCUT2D eigenvalue weighted by atomic mass is 14.4. The Kier molecular flexibility index (Phi) is 6.90. The van der Waals surface area contributed by atoms with Crippen molar-refractivity contribution in [3.8, 4) is 0 Å². The third-order valence-electron chi connectivity index (χ3n) is 6.01. The van der Waals surface area contributed by atoms with E-state index in [0.717, 1.165) is 23.7 Å². The molecule has 0 N–H and O–H groups in total. The van der Waals surface area contributed by atoms with Gasteiger partial charge < -0.3 is 0 Å². The zero-order valence-electron chi connectivity index (χ0n) is 13.4. The molecular weight excluding hydrogens is 240 g/mol. The Morgan fingerprint density at radius 2 is 1.00 bits per heavy atom. The molecule has 0 nitrogen and oxygen atoms in total. The molecular formula is C20H38. The molecule has 118 valence electrons. The Morgan fingerprint density at radius 3 is 1.30 bits per heavy atom. The minimum absolute atomic E-state index is 0. The van der Waals surface area contributed by atoms with Gasteiger partial charge in [-0.05, 0) is 75.0 Å². The van der Waals surface area contributed by atoms with E-state index in [2.05, 4.69) is 25.3 Å². The Labute approximate surface area is 129 Å². The number of rotatable bonds is 7. The fraction of sp³-hybridized carbons (Fsp3) is 0.800. The molecule has 2 rings (SSSR count). The van der Waals surface area contributed by atoms with Gasteiger partial charge in [-0.15, -0.1) is 13.2 Å². The number of hydrogen-bond acceptors (Lipinski definition) is 0. The molecule has 20 heavy (non-hydrogen) atoms. The fourth-order valence-electron chi connectivity index (χ4n) is 4.60. The number of allylic oxidation sites excluding steroid dienone is 2. The molecule has 2 fully saturated rings. The summed E-state index contributed by atoms with van der Waals surface area (Å²) in [5.41, 5.74) is 0. The molecule has 0 bridgehead atoms. The first-order chi connectivity index (χ1) is 9.83. The average Bonchev–Trinajstić information content (AvgIpc) is 2.52. The van der Waals surface area contributed by atoms with E-state index in [9.17, 15) is 0 Å². The van der Waals surface area contributed by atoms with E-state index < -0.39 is 0 Å². The van der Waals surface area contributed by atoms with Crippen LogP contribution in [0.4, 0.5) is 0 Å². The van der Waals surface area contributed by atoms with Crippen molar-refractivity contribution >= 4 is 0 Å². The van der Waals surface area contributed by atoms with Gasteiger partial charge in [-0.1, -0.05) is 37.8 Å². The van der Waals surface area contributed by atoms with E-state index >= 15 is 0 Å². The fourth-order valence-corrected chi connectivity index (χ4v) is 4.60. The van der Waals surface area contributed by atoms with Crippen LogP contribution < -0.4 is 0 Å². The van der Waals surface area contributed by atoms with Gasteiger partial charge in [0.25, 0.3) is 0 Å². The first kappa shape index (κ1) is 15.9. The van der Waals surface area contributed by atoms with Crippen LogP contribution in [0.15, 0.2) is 25.3 Å². The van der Waals surface area contributed by atoms with Gasteiger partial charge in [0, 0.05) is 2.85 Å². The smallest absolute Gasteiger partial charge is 0 e. The summed E-state index contributed by atoms with van der Waals surface area (Å²) in [4.78, 5) is 0. The monoisotopic (exact) mass is 278 g/mol. The lowest BCUT2D eigenvalue weighted by molar-refractivity contribution is 0.142. The van der Waals surface area contributed by atoms with Crippen LogP contribution in [0, 0.1) is 23.7 Å². The molecule has 0 spiro atoms. The van der Waals surface area contributed by atoms with Crippen LogP contribution in [0.25, 0.3) is 0 Å². The van der Waals surface area contributed by atoms with Gasteiger partial charge in [-0.25, -0.2) is 0 Å². The maximum Gasteiger partial charge on any atom is 0 e. The molecule has 0 heteroatoms. The summed E-state index contributed by atoms with van der Waals surface area (Å²) in [6, 6.07) is 0. The lowest BCUT2D eigenvalue weighted by Crippen LogP contribution is -2.25. The van der Waals surface area contributed by atoms with Gasteiger partial charge in [0.1, 0.15) is 0 Å². The van der Waals surface area contributed by atoms with Gasteiger partial charge in [0.15, 0.2) is 0 Å². The third-order valence-corrected chi connectivity index (χ3v) is 6.01. The normalized spacial score (nSPS) is 34.6. The van der Waals surface area contributed by atoms with Crippen LogP contribution >= 0.6 is 0 Å². The molecule has 0 aromatic rings. The molecule has 0 atom stereocenters. The molecule has 0 radical (unpaired) electrons. The Morgan fingerprint density at radius 1 is 0.650 bits per heavy atom. The summed E-state index contributed by atoms with van der Waals surface area (Å²) < 4.78 is 0. The van der Waals surface area contributed by atoms with E-state index in [-0.39, 0.29) is 2.85 Å². The molecule has 0 unspecified atom stereocenters. The van der Waals surface area contributed by atoms with E-state index in [1.807, 2.05) is 0 Å². The van der Waals surface area contributed by atoms with Crippen molar-refractivity contribution in [1.29, 1.82) is 0 Å². The van der Waals surface area contributed by atoms with Crippen LogP contribution in [-0.4, -0.2) is 0 Å². The predicted octanol–water partition coefficient (Wildman–Crippen LogP) is 7.02. The molecule has 2 aliphatic carbocycles. The lowest BCUT2D eigenvalue weighted by atomic mass is 9.68. The van der Waals surface area contributed by atoms with Crippen molar-refractivity contribution in [3.05, 3.63) is 25.3 Å². The third kappa shape index (κ3) is 4.79. The SMILES string of the molecule is C=CCCC1CCC(C2CCC(CCC=C)CC2)CC1.[HH].[HH]. The topological polar surface area (TPSA) is 0 Å². The Hall–Kier alpha value is -0.520. The molecule has 2 saturated carbocycles. The Balaban J connectivity index is 0.00000220.